The third-order valence-electron chi connectivity index (χ3n) is 5.24. The summed E-state index contributed by atoms with van der Waals surface area (Å²) in [6, 6.07) is 10.7. The van der Waals surface area contributed by atoms with Gasteiger partial charge in [0.05, 0.1) is 35.4 Å². The van der Waals surface area contributed by atoms with Crippen LogP contribution >= 0.6 is 23.2 Å². The summed E-state index contributed by atoms with van der Waals surface area (Å²) in [6.45, 7) is 7.21. The van der Waals surface area contributed by atoms with Gasteiger partial charge in [-0.2, -0.15) is 8.42 Å². The van der Waals surface area contributed by atoms with Crippen molar-refractivity contribution in [1.29, 1.82) is 0 Å². The van der Waals surface area contributed by atoms with Gasteiger partial charge in [0.15, 0.2) is 0 Å². The van der Waals surface area contributed by atoms with E-state index in [1.807, 2.05) is 38.1 Å². The summed E-state index contributed by atoms with van der Waals surface area (Å²) in [4.78, 5) is 26.1. The van der Waals surface area contributed by atoms with Crippen molar-refractivity contribution in [1.82, 2.24) is 4.90 Å². The Balaban J connectivity index is 2.25. The highest BCUT2D eigenvalue weighted by molar-refractivity contribution is 7.86. The van der Waals surface area contributed by atoms with Crippen LogP contribution in [0.1, 0.15) is 50.5 Å². The van der Waals surface area contributed by atoms with E-state index in [9.17, 15) is 18.0 Å². The van der Waals surface area contributed by atoms with Gasteiger partial charge in [0, 0.05) is 19.0 Å². The van der Waals surface area contributed by atoms with E-state index in [-0.39, 0.29) is 48.2 Å². The van der Waals surface area contributed by atoms with E-state index in [4.69, 9.17) is 36.9 Å². The summed E-state index contributed by atoms with van der Waals surface area (Å²) in [7, 11) is -3.75. The van der Waals surface area contributed by atoms with Gasteiger partial charge < -0.3 is 14.4 Å². The average molecular weight is 575 g/mol. The van der Waals surface area contributed by atoms with E-state index in [0.717, 1.165) is 11.8 Å². The smallest absolute Gasteiger partial charge is 0.302 e. The molecular formula is C26H33Cl2NO7S. The number of ether oxygens (including phenoxy) is 2. The summed E-state index contributed by atoms with van der Waals surface area (Å²) in [6.07, 6.45) is 0.535. The molecule has 2 rings (SSSR count). The molecule has 0 aliphatic heterocycles. The third-order valence-corrected chi connectivity index (χ3v) is 6.70. The highest BCUT2D eigenvalue weighted by atomic mass is 35.5. The second-order valence-corrected chi connectivity index (χ2v) is 11.2. The van der Waals surface area contributed by atoms with E-state index >= 15 is 0 Å². The minimum Gasteiger partial charge on any atom is -0.491 e. The van der Waals surface area contributed by atoms with E-state index < -0.39 is 22.2 Å². The number of carbonyl (C=O) groups is 2. The molecule has 0 aliphatic rings. The van der Waals surface area contributed by atoms with Gasteiger partial charge in [-0.25, -0.2) is 0 Å². The zero-order valence-electron chi connectivity index (χ0n) is 21.6. The van der Waals surface area contributed by atoms with Crippen molar-refractivity contribution in [2.24, 2.45) is 0 Å². The summed E-state index contributed by atoms with van der Waals surface area (Å²) in [5.41, 5.74) is 1.90. The number of benzene rings is 2. The predicted molar refractivity (Wildman–Crippen MR) is 144 cm³/mol. The van der Waals surface area contributed by atoms with Gasteiger partial charge in [-0.3, -0.25) is 13.8 Å². The normalized spacial score (nSPS) is 12.3. The fourth-order valence-electron chi connectivity index (χ4n) is 3.78. The molecule has 0 saturated heterocycles. The van der Waals surface area contributed by atoms with Crippen LogP contribution in [0.25, 0.3) is 0 Å². The number of esters is 1. The number of carbonyl (C=O) groups excluding carboxylic acids is 2. The number of nitrogens with zero attached hydrogens (tertiary/aromatic N) is 1. The van der Waals surface area contributed by atoms with Gasteiger partial charge in [-0.05, 0) is 56.5 Å². The number of halogens is 2. The summed E-state index contributed by atoms with van der Waals surface area (Å²) in [5.74, 6) is 0.0624. The van der Waals surface area contributed by atoms with Crippen LogP contribution in [0.2, 0.25) is 10.0 Å². The second-order valence-electron chi connectivity index (χ2n) is 8.84. The maximum absolute atomic E-state index is 13.3. The molecule has 2 aromatic rings. The molecule has 0 aromatic heterocycles. The minimum absolute atomic E-state index is 0.000595. The molecule has 1 amide bonds. The van der Waals surface area contributed by atoms with E-state index in [1.54, 1.807) is 24.0 Å². The summed E-state index contributed by atoms with van der Waals surface area (Å²) in [5, 5.41) is 0.450. The molecule has 0 fully saturated rings. The zero-order chi connectivity index (χ0) is 27.8. The second kappa shape index (κ2) is 14.0. The van der Waals surface area contributed by atoms with Crippen molar-refractivity contribution in [2.75, 3.05) is 26.0 Å². The Morgan fingerprint density at radius 1 is 1.05 bits per heavy atom. The first kappa shape index (κ1) is 30.9. The van der Waals surface area contributed by atoms with Crippen LogP contribution in [-0.2, 0) is 41.5 Å². The number of hydrogen-bond donors (Lipinski definition) is 0. The average Bonchev–Trinajstić information content (AvgIpc) is 2.76. The third kappa shape index (κ3) is 10.5. The van der Waals surface area contributed by atoms with Crippen LogP contribution in [0.4, 0.5) is 0 Å². The van der Waals surface area contributed by atoms with Crippen molar-refractivity contribution >= 4 is 45.2 Å². The molecular weight excluding hydrogens is 541 g/mol. The lowest BCUT2D eigenvalue weighted by molar-refractivity contribution is -0.143. The summed E-state index contributed by atoms with van der Waals surface area (Å²) < 4.78 is 39.3. The molecule has 37 heavy (non-hydrogen) atoms. The molecule has 204 valence electrons. The van der Waals surface area contributed by atoms with E-state index in [1.165, 1.54) is 6.92 Å². The van der Waals surface area contributed by atoms with Crippen LogP contribution < -0.4 is 4.74 Å². The van der Waals surface area contributed by atoms with Gasteiger partial charge >= 0.3 is 5.97 Å². The van der Waals surface area contributed by atoms with Crippen LogP contribution in [0, 0.1) is 0 Å². The molecule has 2 aromatic carbocycles. The Morgan fingerprint density at radius 3 is 2.38 bits per heavy atom. The topological polar surface area (TPSA) is 99.2 Å². The minimum atomic E-state index is -3.75. The van der Waals surface area contributed by atoms with Gasteiger partial charge in [-0.1, -0.05) is 41.4 Å². The molecule has 1 unspecified atom stereocenters. The highest BCUT2D eigenvalue weighted by Crippen LogP contribution is 2.35. The van der Waals surface area contributed by atoms with Crippen molar-refractivity contribution < 1.29 is 31.7 Å². The Bertz CT molecular complexity index is 1200. The van der Waals surface area contributed by atoms with Crippen LogP contribution in [0.5, 0.6) is 5.75 Å². The molecule has 0 spiro atoms. The SMILES string of the molecule is CC(=O)OCCN(CCc1ccc(Cl)c(Cl)c1C(C)OS(C)(=O)=O)C(=O)Cc1cccc(OC(C)C)c1. The Morgan fingerprint density at radius 2 is 1.76 bits per heavy atom. The van der Waals surface area contributed by atoms with Crippen LogP contribution in [0.15, 0.2) is 36.4 Å². The largest absolute Gasteiger partial charge is 0.491 e. The first-order chi connectivity index (χ1) is 17.3. The highest BCUT2D eigenvalue weighted by Gasteiger charge is 2.22. The molecule has 0 bridgehead atoms. The van der Waals surface area contributed by atoms with E-state index in [0.29, 0.717) is 23.3 Å². The standard InChI is InChI=1S/C26H33Cl2NO7S/c1-17(2)35-22-8-6-7-20(15-22)16-24(31)29(13-14-34-19(4)30)12-11-21-9-10-23(27)26(28)25(21)18(3)36-37(5,32)33/h6-10,15,17-18H,11-14,16H2,1-5H3. The molecule has 8 nitrogen and oxygen atoms in total. The van der Waals surface area contributed by atoms with Crippen molar-refractivity contribution in [3.63, 3.8) is 0 Å². The van der Waals surface area contributed by atoms with Crippen LogP contribution in [-0.4, -0.2) is 57.3 Å². The predicted octanol–water partition coefficient (Wildman–Crippen LogP) is 4.99. The molecule has 0 radical (unpaired) electrons. The lowest BCUT2D eigenvalue weighted by Gasteiger charge is -2.25. The maximum atomic E-state index is 13.3. The van der Waals surface area contributed by atoms with Gasteiger partial charge in [0.25, 0.3) is 10.1 Å². The molecule has 0 saturated carbocycles. The molecule has 0 aliphatic carbocycles. The van der Waals surface area contributed by atoms with Crippen LogP contribution in [0.3, 0.4) is 0 Å². The van der Waals surface area contributed by atoms with Crippen molar-refractivity contribution in [2.45, 2.75) is 52.7 Å². The first-order valence-corrected chi connectivity index (χ1v) is 14.4. The van der Waals surface area contributed by atoms with Gasteiger partial charge in [0.2, 0.25) is 5.91 Å². The Labute approximate surface area is 228 Å². The number of hydrogen-bond acceptors (Lipinski definition) is 7. The molecule has 11 heteroatoms. The van der Waals surface area contributed by atoms with Crippen molar-refractivity contribution in [3.8, 4) is 5.75 Å². The number of amides is 1. The summed E-state index contributed by atoms with van der Waals surface area (Å²) >= 11 is 12.6. The monoisotopic (exact) mass is 573 g/mol. The fraction of sp³-hybridized carbons (Fsp3) is 0.462. The van der Waals surface area contributed by atoms with Gasteiger partial charge in [-0.15, -0.1) is 0 Å². The van der Waals surface area contributed by atoms with Gasteiger partial charge in [0.1, 0.15) is 18.5 Å². The molecule has 0 heterocycles. The maximum Gasteiger partial charge on any atom is 0.302 e. The Kier molecular flexibility index (Phi) is 11.7. The lowest BCUT2D eigenvalue weighted by atomic mass is 10.00. The number of rotatable bonds is 13. The Hall–Kier alpha value is -2.33. The van der Waals surface area contributed by atoms with Crippen molar-refractivity contribution in [3.05, 3.63) is 63.1 Å². The molecule has 0 N–H and O–H groups in total. The first-order valence-electron chi connectivity index (χ1n) is 11.8. The fourth-order valence-corrected chi connectivity index (χ4v) is 4.90. The molecule has 1 atom stereocenters. The zero-order valence-corrected chi connectivity index (χ0v) is 24.0. The quantitative estimate of drug-likeness (QED) is 0.245. The van der Waals surface area contributed by atoms with E-state index in [2.05, 4.69) is 0 Å². The lowest BCUT2D eigenvalue weighted by Crippen LogP contribution is -2.37.